The largest absolute Gasteiger partial charge is 0.380 e. The van der Waals surface area contributed by atoms with Gasteiger partial charge in [-0.05, 0) is 52.5 Å². The fraction of sp³-hybridized carbons (Fsp3) is 0.412. The van der Waals surface area contributed by atoms with Crippen molar-refractivity contribution in [2.24, 2.45) is 0 Å². The van der Waals surface area contributed by atoms with Crippen molar-refractivity contribution in [2.75, 3.05) is 23.3 Å². The molecule has 0 spiro atoms. The van der Waals surface area contributed by atoms with Gasteiger partial charge in [0.2, 0.25) is 0 Å². The number of nitrogens with one attached hydrogen (secondary N) is 1. The third-order valence-corrected chi connectivity index (χ3v) is 4.38. The Labute approximate surface area is 140 Å². The third-order valence-electron chi connectivity index (χ3n) is 3.94. The van der Waals surface area contributed by atoms with E-state index in [0.29, 0.717) is 0 Å². The van der Waals surface area contributed by atoms with Crippen LogP contribution in [0.4, 0.5) is 11.5 Å². The molecule has 0 saturated carbocycles. The average Bonchev–Trinajstić information content (AvgIpc) is 2.83. The maximum Gasteiger partial charge on any atom is 0.128 e. The average molecular weight is 361 g/mol. The topological polar surface area (TPSA) is 41.1 Å². The second kappa shape index (κ2) is 7.58. The number of aromatic nitrogens is 2. The SMILES string of the molecule is Brc1cncc(NCc2ccnc(N3CCCCCC3)c2)c1. The van der Waals surface area contributed by atoms with Gasteiger partial charge in [0, 0.05) is 36.5 Å². The molecule has 4 nitrogen and oxygen atoms in total. The number of hydrogen-bond acceptors (Lipinski definition) is 4. The highest BCUT2D eigenvalue weighted by atomic mass is 79.9. The molecule has 5 heteroatoms. The maximum absolute atomic E-state index is 4.55. The smallest absolute Gasteiger partial charge is 0.128 e. The van der Waals surface area contributed by atoms with E-state index in [1.165, 1.54) is 31.2 Å². The van der Waals surface area contributed by atoms with Gasteiger partial charge in [-0.3, -0.25) is 4.98 Å². The molecule has 0 unspecified atom stereocenters. The minimum atomic E-state index is 0.779. The molecule has 1 aliphatic heterocycles. The van der Waals surface area contributed by atoms with E-state index in [-0.39, 0.29) is 0 Å². The third kappa shape index (κ3) is 4.19. The lowest BCUT2D eigenvalue weighted by molar-refractivity contribution is 0.726. The van der Waals surface area contributed by atoms with E-state index in [4.69, 9.17) is 0 Å². The number of hydrogen-bond donors (Lipinski definition) is 1. The van der Waals surface area contributed by atoms with Crippen LogP contribution < -0.4 is 10.2 Å². The molecule has 2 aromatic heterocycles. The van der Waals surface area contributed by atoms with Gasteiger partial charge in [-0.2, -0.15) is 0 Å². The van der Waals surface area contributed by atoms with Crippen LogP contribution in [0.3, 0.4) is 0 Å². The summed E-state index contributed by atoms with van der Waals surface area (Å²) in [5.41, 5.74) is 2.26. The Hall–Kier alpha value is -1.62. The highest BCUT2D eigenvalue weighted by molar-refractivity contribution is 9.10. The van der Waals surface area contributed by atoms with Crippen molar-refractivity contribution in [1.82, 2.24) is 9.97 Å². The molecule has 3 heterocycles. The number of pyridine rings is 2. The van der Waals surface area contributed by atoms with Crippen LogP contribution in [0.15, 0.2) is 41.3 Å². The molecule has 1 N–H and O–H groups in total. The van der Waals surface area contributed by atoms with Crippen molar-refractivity contribution in [1.29, 1.82) is 0 Å². The van der Waals surface area contributed by atoms with Gasteiger partial charge < -0.3 is 10.2 Å². The maximum atomic E-state index is 4.55. The molecule has 1 fully saturated rings. The van der Waals surface area contributed by atoms with Gasteiger partial charge >= 0.3 is 0 Å². The van der Waals surface area contributed by atoms with Crippen LogP contribution in [-0.2, 0) is 6.54 Å². The summed E-state index contributed by atoms with van der Waals surface area (Å²) in [6, 6.07) is 6.30. The Balaban J connectivity index is 1.65. The molecule has 0 amide bonds. The first kappa shape index (κ1) is 15.3. The molecule has 0 atom stereocenters. The highest BCUT2D eigenvalue weighted by Crippen LogP contribution is 2.19. The van der Waals surface area contributed by atoms with Crippen LogP contribution in [0.2, 0.25) is 0 Å². The summed E-state index contributed by atoms with van der Waals surface area (Å²) in [6.45, 7) is 3.03. The van der Waals surface area contributed by atoms with Crippen LogP contribution in [0.25, 0.3) is 0 Å². The van der Waals surface area contributed by atoms with E-state index in [9.17, 15) is 0 Å². The zero-order valence-electron chi connectivity index (χ0n) is 12.6. The number of halogens is 1. The van der Waals surface area contributed by atoms with E-state index >= 15 is 0 Å². The van der Waals surface area contributed by atoms with Gasteiger partial charge in [0.25, 0.3) is 0 Å². The highest BCUT2D eigenvalue weighted by Gasteiger charge is 2.11. The minimum Gasteiger partial charge on any atom is -0.380 e. The molecule has 0 bridgehead atoms. The normalized spacial score (nSPS) is 15.4. The van der Waals surface area contributed by atoms with Gasteiger partial charge in [-0.25, -0.2) is 4.98 Å². The molecule has 116 valence electrons. The zero-order chi connectivity index (χ0) is 15.2. The Morgan fingerprint density at radius 2 is 1.91 bits per heavy atom. The minimum absolute atomic E-state index is 0.779. The van der Waals surface area contributed by atoms with Gasteiger partial charge in [-0.15, -0.1) is 0 Å². The van der Waals surface area contributed by atoms with Crippen LogP contribution in [0.5, 0.6) is 0 Å². The molecule has 1 saturated heterocycles. The Morgan fingerprint density at radius 3 is 2.68 bits per heavy atom. The van der Waals surface area contributed by atoms with Gasteiger partial charge in [0.15, 0.2) is 0 Å². The van der Waals surface area contributed by atoms with Crippen molar-refractivity contribution < 1.29 is 0 Å². The first-order valence-corrected chi connectivity index (χ1v) is 8.65. The first-order valence-electron chi connectivity index (χ1n) is 7.85. The van der Waals surface area contributed by atoms with Gasteiger partial charge in [0.1, 0.15) is 5.82 Å². The van der Waals surface area contributed by atoms with Crippen LogP contribution in [0.1, 0.15) is 31.2 Å². The monoisotopic (exact) mass is 360 g/mol. The molecule has 0 radical (unpaired) electrons. The van der Waals surface area contributed by atoms with Crippen molar-refractivity contribution in [3.05, 3.63) is 46.8 Å². The van der Waals surface area contributed by atoms with Crippen molar-refractivity contribution in [3.8, 4) is 0 Å². The molecule has 0 aromatic carbocycles. The number of nitrogens with zero attached hydrogens (tertiary/aromatic N) is 3. The number of anilines is 2. The summed E-state index contributed by atoms with van der Waals surface area (Å²) in [5.74, 6) is 1.11. The van der Waals surface area contributed by atoms with E-state index in [0.717, 1.165) is 35.6 Å². The zero-order valence-corrected chi connectivity index (χ0v) is 14.2. The molecule has 2 aromatic rings. The summed E-state index contributed by atoms with van der Waals surface area (Å²) in [7, 11) is 0. The Morgan fingerprint density at radius 1 is 1.09 bits per heavy atom. The molecule has 3 rings (SSSR count). The lowest BCUT2D eigenvalue weighted by Crippen LogP contribution is -2.25. The Kier molecular flexibility index (Phi) is 5.27. The van der Waals surface area contributed by atoms with E-state index < -0.39 is 0 Å². The van der Waals surface area contributed by atoms with E-state index in [1.807, 2.05) is 18.5 Å². The first-order chi connectivity index (χ1) is 10.8. The van der Waals surface area contributed by atoms with Crippen molar-refractivity contribution >= 4 is 27.4 Å². The van der Waals surface area contributed by atoms with Crippen LogP contribution >= 0.6 is 15.9 Å². The van der Waals surface area contributed by atoms with Crippen LogP contribution in [0, 0.1) is 0 Å². The van der Waals surface area contributed by atoms with Gasteiger partial charge in [-0.1, -0.05) is 12.8 Å². The fourth-order valence-electron chi connectivity index (χ4n) is 2.76. The number of rotatable bonds is 4. The van der Waals surface area contributed by atoms with Crippen LogP contribution in [-0.4, -0.2) is 23.1 Å². The second-order valence-corrected chi connectivity index (χ2v) is 6.58. The quantitative estimate of drug-likeness (QED) is 0.885. The second-order valence-electron chi connectivity index (χ2n) is 5.67. The fourth-order valence-corrected chi connectivity index (χ4v) is 3.12. The summed E-state index contributed by atoms with van der Waals surface area (Å²) >= 11 is 3.44. The lowest BCUT2D eigenvalue weighted by atomic mass is 10.2. The summed E-state index contributed by atoms with van der Waals surface area (Å²) in [5, 5.41) is 3.41. The van der Waals surface area contributed by atoms with Crippen molar-refractivity contribution in [2.45, 2.75) is 32.2 Å². The molecule has 1 aliphatic rings. The predicted octanol–water partition coefficient (Wildman–Crippen LogP) is 4.23. The lowest BCUT2D eigenvalue weighted by Gasteiger charge is -2.21. The predicted molar refractivity (Wildman–Crippen MR) is 94.2 cm³/mol. The van der Waals surface area contributed by atoms with E-state index in [1.54, 1.807) is 6.20 Å². The standard InChI is InChI=1S/C17H21BrN4/c18-15-10-16(13-19-12-15)21-11-14-5-6-20-17(9-14)22-7-3-1-2-4-8-22/h5-6,9-10,12-13,21H,1-4,7-8,11H2. The molecular weight excluding hydrogens is 340 g/mol. The van der Waals surface area contributed by atoms with E-state index in [2.05, 4.69) is 48.2 Å². The molecule has 0 aliphatic carbocycles. The molecule has 22 heavy (non-hydrogen) atoms. The van der Waals surface area contributed by atoms with Gasteiger partial charge in [0.05, 0.1) is 11.9 Å². The summed E-state index contributed by atoms with van der Waals surface area (Å²) in [4.78, 5) is 11.1. The summed E-state index contributed by atoms with van der Waals surface area (Å²) in [6.07, 6.45) is 10.8. The Bertz CT molecular complexity index is 609. The molecular formula is C17H21BrN4. The summed E-state index contributed by atoms with van der Waals surface area (Å²) < 4.78 is 0.984. The van der Waals surface area contributed by atoms with Crippen molar-refractivity contribution in [3.63, 3.8) is 0 Å².